The van der Waals surface area contributed by atoms with Gasteiger partial charge in [-0.15, -0.1) is 0 Å². The van der Waals surface area contributed by atoms with Crippen LogP contribution in [0.15, 0.2) is 48.5 Å². The maximum Gasteiger partial charge on any atom is 0.251 e. The Hall–Kier alpha value is -2.53. The first-order chi connectivity index (χ1) is 9.61. The number of carbonyl (C=O) groups excluding carboxylic acids is 1. The van der Waals surface area contributed by atoms with Gasteiger partial charge in [-0.3, -0.25) is 4.79 Å². The first-order valence-corrected chi connectivity index (χ1v) is 6.19. The zero-order chi connectivity index (χ0) is 14.5. The number of aromatic hydroxyl groups is 2. The topological polar surface area (TPSA) is 95.6 Å². The molecule has 0 fully saturated rings. The summed E-state index contributed by atoms with van der Waals surface area (Å²) in [6, 6.07) is 13.0. The molecule has 0 bridgehead atoms. The molecule has 0 saturated heterocycles. The number of phenolic OH excluding ortho intramolecular Hbond substituents is 2. The number of hydrogen-bond acceptors (Lipinski definition) is 4. The third-order valence-electron chi connectivity index (χ3n) is 2.98. The summed E-state index contributed by atoms with van der Waals surface area (Å²) in [5, 5.41) is 21.4. The van der Waals surface area contributed by atoms with E-state index in [0.717, 1.165) is 5.56 Å². The van der Waals surface area contributed by atoms with E-state index in [2.05, 4.69) is 5.32 Å². The molecule has 0 aromatic heterocycles. The Morgan fingerprint density at radius 1 is 1.10 bits per heavy atom. The molecule has 1 amide bonds. The van der Waals surface area contributed by atoms with Crippen molar-refractivity contribution in [1.82, 2.24) is 5.32 Å². The van der Waals surface area contributed by atoms with Crippen molar-refractivity contribution in [3.05, 3.63) is 59.7 Å². The zero-order valence-corrected chi connectivity index (χ0v) is 10.8. The Labute approximate surface area is 116 Å². The molecule has 0 spiro atoms. The number of amides is 1. The third kappa shape index (κ3) is 3.07. The van der Waals surface area contributed by atoms with Gasteiger partial charge in [0, 0.05) is 12.1 Å². The normalized spacial score (nSPS) is 11.8. The smallest absolute Gasteiger partial charge is 0.251 e. The molecule has 0 aliphatic carbocycles. The van der Waals surface area contributed by atoms with Crippen molar-refractivity contribution in [1.29, 1.82) is 0 Å². The van der Waals surface area contributed by atoms with Gasteiger partial charge in [0.15, 0.2) is 11.5 Å². The van der Waals surface area contributed by atoms with Gasteiger partial charge in [-0.05, 0) is 23.8 Å². The second-order valence-electron chi connectivity index (χ2n) is 4.38. The van der Waals surface area contributed by atoms with Gasteiger partial charge in [-0.2, -0.15) is 0 Å². The molecule has 0 aliphatic heterocycles. The van der Waals surface area contributed by atoms with Crippen LogP contribution in [0.25, 0.3) is 0 Å². The summed E-state index contributed by atoms with van der Waals surface area (Å²) >= 11 is 0. The lowest BCUT2D eigenvalue weighted by molar-refractivity contribution is 0.0937. The lowest BCUT2D eigenvalue weighted by Gasteiger charge is -2.17. The number of phenols is 2. The molecule has 5 nitrogen and oxygen atoms in total. The van der Waals surface area contributed by atoms with Gasteiger partial charge >= 0.3 is 0 Å². The minimum absolute atomic E-state index is 0.259. The molecule has 0 radical (unpaired) electrons. The number of hydrogen-bond donors (Lipinski definition) is 4. The van der Waals surface area contributed by atoms with Gasteiger partial charge in [-0.1, -0.05) is 30.3 Å². The maximum atomic E-state index is 12.1. The van der Waals surface area contributed by atoms with E-state index in [-0.39, 0.29) is 35.6 Å². The highest BCUT2D eigenvalue weighted by atomic mass is 16.3. The van der Waals surface area contributed by atoms with Crippen molar-refractivity contribution in [2.24, 2.45) is 5.73 Å². The summed E-state index contributed by atoms with van der Waals surface area (Å²) in [6.45, 7) is 0.264. The molecule has 5 N–H and O–H groups in total. The Balaban J connectivity index is 2.15. The zero-order valence-electron chi connectivity index (χ0n) is 10.8. The molecule has 1 unspecified atom stereocenters. The SMILES string of the molecule is NCC(NC(=O)c1ccc(O)c(O)c1)c1ccccc1. The minimum Gasteiger partial charge on any atom is -0.504 e. The van der Waals surface area contributed by atoms with E-state index in [0.29, 0.717) is 0 Å². The second-order valence-corrected chi connectivity index (χ2v) is 4.38. The highest BCUT2D eigenvalue weighted by molar-refractivity contribution is 5.95. The van der Waals surface area contributed by atoms with Crippen molar-refractivity contribution in [3.63, 3.8) is 0 Å². The third-order valence-corrected chi connectivity index (χ3v) is 2.98. The number of nitrogens with two attached hydrogens (primary N) is 1. The number of benzene rings is 2. The first-order valence-electron chi connectivity index (χ1n) is 6.19. The van der Waals surface area contributed by atoms with Crippen molar-refractivity contribution < 1.29 is 15.0 Å². The van der Waals surface area contributed by atoms with E-state index >= 15 is 0 Å². The average molecular weight is 272 g/mol. The van der Waals surface area contributed by atoms with Gasteiger partial charge in [0.1, 0.15) is 0 Å². The lowest BCUT2D eigenvalue weighted by atomic mass is 10.1. The van der Waals surface area contributed by atoms with Crippen molar-refractivity contribution in [2.75, 3.05) is 6.54 Å². The van der Waals surface area contributed by atoms with Crippen molar-refractivity contribution >= 4 is 5.91 Å². The predicted octanol–water partition coefficient (Wildman–Crippen LogP) is 1.53. The number of nitrogens with one attached hydrogen (secondary N) is 1. The molecular formula is C15H16N2O3. The van der Waals surface area contributed by atoms with Crippen LogP contribution >= 0.6 is 0 Å². The summed E-state index contributed by atoms with van der Waals surface area (Å²) < 4.78 is 0. The van der Waals surface area contributed by atoms with Crippen molar-refractivity contribution in [2.45, 2.75) is 6.04 Å². The summed E-state index contributed by atoms with van der Waals surface area (Å²) in [7, 11) is 0. The number of rotatable bonds is 4. The van der Waals surface area contributed by atoms with Crippen LogP contribution < -0.4 is 11.1 Å². The highest BCUT2D eigenvalue weighted by Crippen LogP contribution is 2.25. The molecule has 2 rings (SSSR count). The molecule has 5 heteroatoms. The number of carbonyl (C=O) groups is 1. The summed E-state index contributed by atoms with van der Waals surface area (Å²) in [4.78, 5) is 12.1. The molecular weight excluding hydrogens is 256 g/mol. The van der Waals surface area contributed by atoms with Crippen LogP contribution in [0.1, 0.15) is 22.0 Å². The lowest BCUT2D eigenvalue weighted by Crippen LogP contribution is -2.33. The molecule has 2 aromatic rings. The largest absolute Gasteiger partial charge is 0.504 e. The van der Waals surface area contributed by atoms with Crippen LogP contribution in [0.4, 0.5) is 0 Å². The van der Waals surface area contributed by atoms with E-state index in [1.807, 2.05) is 30.3 Å². The van der Waals surface area contributed by atoms with Crippen LogP contribution in [-0.4, -0.2) is 22.7 Å². The van der Waals surface area contributed by atoms with Crippen LogP contribution in [0.3, 0.4) is 0 Å². The van der Waals surface area contributed by atoms with Gasteiger partial charge < -0.3 is 21.3 Å². The van der Waals surface area contributed by atoms with Gasteiger partial charge in [0.05, 0.1) is 6.04 Å². The molecule has 20 heavy (non-hydrogen) atoms. The standard InChI is InChI=1S/C15H16N2O3/c16-9-12(10-4-2-1-3-5-10)17-15(20)11-6-7-13(18)14(19)8-11/h1-8,12,18-19H,9,16H2,(H,17,20). The predicted molar refractivity (Wildman–Crippen MR) is 75.5 cm³/mol. The fourth-order valence-corrected chi connectivity index (χ4v) is 1.87. The van der Waals surface area contributed by atoms with E-state index < -0.39 is 0 Å². The minimum atomic E-state index is -0.361. The van der Waals surface area contributed by atoms with Crippen molar-refractivity contribution in [3.8, 4) is 11.5 Å². The first kappa shape index (κ1) is 13.9. The van der Waals surface area contributed by atoms with E-state index in [1.54, 1.807) is 0 Å². The Kier molecular flexibility index (Phi) is 4.22. The molecule has 2 aromatic carbocycles. The van der Waals surface area contributed by atoms with E-state index in [4.69, 9.17) is 5.73 Å². The van der Waals surface area contributed by atoms with Crippen LogP contribution in [0.5, 0.6) is 11.5 Å². The summed E-state index contributed by atoms with van der Waals surface area (Å²) in [5.74, 6) is -0.957. The summed E-state index contributed by atoms with van der Waals surface area (Å²) in [5.41, 5.74) is 6.85. The van der Waals surface area contributed by atoms with Gasteiger partial charge in [-0.25, -0.2) is 0 Å². The van der Waals surface area contributed by atoms with Crippen LogP contribution in [-0.2, 0) is 0 Å². The Morgan fingerprint density at radius 2 is 1.80 bits per heavy atom. The average Bonchev–Trinajstić information content (AvgIpc) is 2.48. The van der Waals surface area contributed by atoms with E-state index in [9.17, 15) is 15.0 Å². The quantitative estimate of drug-likeness (QED) is 0.635. The van der Waals surface area contributed by atoms with E-state index in [1.165, 1.54) is 18.2 Å². The fourth-order valence-electron chi connectivity index (χ4n) is 1.87. The van der Waals surface area contributed by atoms with Gasteiger partial charge in [0.25, 0.3) is 5.91 Å². The molecule has 104 valence electrons. The van der Waals surface area contributed by atoms with Crippen LogP contribution in [0.2, 0.25) is 0 Å². The molecule has 0 aliphatic rings. The monoisotopic (exact) mass is 272 g/mol. The van der Waals surface area contributed by atoms with Crippen LogP contribution in [0, 0.1) is 0 Å². The molecule has 1 atom stereocenters. The van der Waals surface area contributed by atoms with Gasteiger partial charge in [0.2, 0.25) is 0 Å². The highest BCUT2D eigenvalue weighted by Gasteiger charge is 2.15. The Bertz CT molecular complexity index is 599. The molecule has 0 saturated carbocycles. The maximum absolute atomic E-state index is 12.1. The Morgan fingerprint density at radius 3 is 2.40 bits per heavy atom. The fraction of sp³-hybridized carbons (Fsp3) is 0.133. The second kappa shape index (κ2) is 6.08. The summed E-state index contributed by atoms with van der Waals surface area (Å²) in [6.07, 6.45) is 0. The molecule has 0 heterocycles.